The van der Waals surface area contributed by atoms with Crippen molar-refractivity contribution in [2.24, 2.45) is 0 Å². The third kappa shape index (κ3) is 5.64. The molecule has 46 heavy (non-hydrogen) atoms. The molecule has 0 bridgehead atoms. The average molecular weight is 637 g/mol. The number of fused-ring (bicyclic) bond motifs is 1. The van der Waals surface area contributed by atoms with E-state index < -0.39 is 29.5 Å². The van der Waals surface area contributed by atoms with Crippen LogP contribution in [0.25, 0.3) is 11.0 Å². The predicted octanol–water partition coefficient (Wildman–Crippen LogP) is 6.91. The summed E-state index contributed by atoms with van der Waals surface area (Å²) in [6.45, 7) is 5.45. The number of methoxy groups -OCH3 is 1. The number of aromatic nitrogens is 1. The Labute approximate surface area is 267 Å². The fraction of sp³-hybridized carbons (Fsp3) is 0.143. The highest BCUT2D eigenvalue weighted by molar-refractivity contribution is 7.17. The van der Waals surface area contributed by atoms with Gasteiger partial charge < -0.3 is 23.7 Å². The van der Waals surface area contributed by atoms with Crippen molar-refractivity contribution in [2.75, 3.05) is 18.6 Å². The minimum absolute atomic E-state index is 0.00414. The number of aliphatic hydroxyl groups excluding tert-OH is 1. The molecule has 0 aliphatic carbocycles. The number of ether oxygens (including phenoxy) is 3. The van der Waals surface area contributed by atoms with Crippen molar-refractivity contribution >= 4 is 45.1 Å². The molecule has 0 spiro atoms. The van der Waals surface area contributed by atoms with Gasteiger partial charge in [-0.15, -0.1) is 0 Å². The molecule has 0 fully saturated rings. The van der Waals surface area contributed by atoms with Crippen LogP contribution < -0.4 is 14.4 Å². The van der Waals surface area contributed by atoms with Crippen LogP contribution >= 0.6 is 11.3 Å². The highest BCUT2D eigenvalue weighted by Gasteiger charge is 2.47. The van der Waals surface area contributed by atoms with Gasteiger partial charge in [-0.05, 0) is 42.3 Å². The maximum Gasteiger partial charge on any atom is 0.350 e. The molecule has 3 aromatic carbocycles. The van der Waals surface area contributed by atoms with E-state index in [1.165, 1.54) is 24.2 Å². The maximum absolute atomic E-state index is 14.2. The molecule has 0 saturated carbocycles. The Bertz CT molecular complexity index is 2010. The van der Waals surface area contributed by atoms with Crippen LogP contribution in [0.1, 0.15) is 43.1 Å². The molecule has 3 heterocycles. The second kappa shape index (κ2) is 12.7. The lowest BCUT2D eigenvalue weighted by Gasteiger charge is -2.24. The smallest absolute Gasteiger partial charge is 0.350 e. The van der Waals surface area contributed by atoms with E-state index in [1.54, 1.807) is 49.4 Å². The summed E-state index contributed by atoms with van der Waals surface area (Å²) in [6.07, 6.45) is 1.44. The van der Waals surface area contributed by atoms with E-state index >= 15 is 0 Å². The molecule has 5 aromatic rings. The number of anilines is 1. The number of nitrogens with zero attached hydrogens (tertiary/aromatic N) is 2. The standard InChI is InChI=1S/C35H28N2O8S/c1-4-16-43-34(41)32-20(2)36-35(46-32)37-28(22-12-8-14-24(17-22)44-19-21-10-6-5-7-11-21)27(30(39)33(37)40)29(38)26-18-23-13-9-15-25(42-3)31(23)45-26/h4-15,17-18,28,39H,1,16,19H2,2-3H3. The SMILES string of the molecule is C=CCOC(=O)c1sc(N2C(=O)C(O)=C(C(=O)c3cc4cccc(OC)c4o3)C2c2cccc(OCc3ccccc3)c2)nc1C. The number of esters is 1. The quantitative estimate of drug-likeness (QED) is 0.0934. The number of benzene rings is 3. The number of furan rings is 1. The Morgan fingerprint density at radius 2 is 1.87 bits per heavy atom. The number of hydrogen-bond donors (Lipinski definition) is 1. The highest BCUT2D eigenvalue weighted by Crippen LogP contribution is 2.45. The van der Waals surface area contributed by atoms with E-state index in [-0.39, 0.29) is 34.6 Å². The summed E-state index contributed by atoms with van der Waals surface area (Å²) in [5, 5.41) is 12.0. The van der Waals surface area contributed by atoms with Crippen LogP contribution in [0.3, 0.4) is 0 Å². The number of ketones is 1. The van der Waals surface area contributed by atoms with Gasteiger partial charge in [0, 0.05) is 5.39 Å². The Balaban J connectivity index is 1.43. The summed E-state index contributed by atoms with van der Waals surface area (Å²) in [6, 6.07) is 22.1. The van der Waals surface area contributed by atoms with Gasteiger partial charge >= 0.3 is 5.97 Å². The van der Waals surface area contributed by atoms with Crippen molar-refractivity contribution in [3.05, 3.63) is 130 Å². The summed E-state index contributed by atoms with van der Waals surface area (Å²) >= 11 is 0.914. The number of carbonyl (C=O) groups is 3. The Morgan fingerprint density at radius 1 is 1.09 bits per heavy atom. The minimum Gasteiger partial charge on any atom is -0.503 e. The summed E-state index contributed by atoms with van der Waals surface area (Å²) in [4.78, 5) is 46.5. The zero-order valence-electron chi connectivity index (χ0n) is 24.9. The van der Waals surface area contributed by atoms with E-state index in [2.05, 4.69) is 11.6 Å². The predicted molar refractivity (Wildman–Crippen MR) is 172 cm³/mol. The molecule has 6 rings (SSSR count). The lowest BCUT2D eigenvalue weighted by atomic mass is 9.95. The maximum atomic E-state index is 14.2. The van der Waals surface area contributed by atoms with Gasteiger partial charge in [0.05, 0.1) is 24.4 Å². The van der Waals surface area contributed by atoms with Crippen LogP contribution in [-0.2, 0) is 16.1 Å². The van der Waals surface area contributed by atoms with Gasteiger partial charge in [0.25, 0.3) is 5.91 Å². The molecule has 11 heteroatoms. The molecule has 1 aliphatic heterocycles. The van der Waals surface area contributed by atoms with Crippen LogP contribution in [0.5, 0.6) is 11.5 Å². The van der Waals surface area contributed by atoms with Gasteiger partial charge in [0.15, 0.2) is 28.0 Å². The Kier molecular flexibility index (Phi) is 8.41. The number of Topliss-reactive ketones (excluding diaryl/α,β-unsaturated/α-hetero) is 1. The fourth-order valence-corrected chi connectivity index (χ4v) is 6.17. The van der Waals surface area contributed by atoms with E-state index in [1.807, 2.05) is 30.3 Å². The minimum atomic E-state index is -1.14. The van der Waals surface area contributed by atoms with Crippen molar-refractivity contribution in [1.29, 1.82) is 0 Å². The molecule has 1 unspecified atom stereocenters. The molecule has 0 saturated heterocycles. The molecule has 0 radical (unpaired) electrons. The summed E-state index contributed by atoms with van der Waals surface area (Å²) < 4.78 is 22.5. The molecule has 1 amide bonds. The zero-order chi connectivity index (χ0) is 32.4. The first-order valence-electron chi connectivity index (χ1n) is 14.2. The summed E-state index contributed by atoms with van der Waals surface area (Å²) in [5.41, 5.74) is 1.87. The third-order valence-electron chi connectivity index (χ3n) is 7.34. The second-order valence-electron chi connectivity index (χ2n) is 10.3. The third-order valence-corrected chi connectivity index (χ3v) is 8.47. The molecule has 2 aromatic heterocycles. The number of para-hydroxylation sites is 1. The van der Waals surface area contributed by atoms with Gasteiger partial charge in [0.1, 0.15) is 23.8 Å². The number of aryl methyl sites for hydroxylation is 1. The molecule has 1 atom stereocenters. The summed E-state index contributed by atoms with van der Waals surface area (Å²) in [5.74, 6) is -2.16. The first-order chi connectivity index (χ1) is 22.3. The second-order valence-corrected chi connectivity index (χ2v) is 11.3. The van der Waals surface area contributed by atoms with E-state index in [0.717, 1.165) is 16.9 Å². The van der Waals surface area contributed by atoms with Crippen LogP contribution in [0.15, 0.2) is 107 Å². The first kappa shape index (κ1) is 30.4. The molecule has 232 valence electrons. The van der Waals surface area contributed by atoms with E-state index in [0.29, 0.717) is 33.7 Å². The average Bonchev–Trinajstić information content (AvgIpc) is 3.76. The molecule has 1 aliphatic rings. The monoisotopic (exact) mass is 636 g/mol. The normalized spacial score (nSPS) is 14.5. The fourth-order valence-electron chi connectivity index (χ4n) is 5.18. The van der Waals surface area contributed by atoms with Gasteiger partial charge in [-0.1, -0.05) is 78.6 Å². The molecule has 10 nitrogen and oxygen atoms in total. The van der Waals surface area contributed by atoms with Crippen LogP contribution in [0.4, 0.5) is 5.13 Å². The van der Waals surface area contributed by atoms with Crippen LogP contribution in [0, 0.1) is 6.92 Å². The number of carbonyl (C=O) groups excluding carboxylic acids is 3. The molecular weight excluding hydrogens is 608 g/mol. The van der Waals surface area contributed by atoms with E-state index in [4.69, 9.17) is 18.6 Å². The zero-order valence-corrected chi connectivity index (χ0v) is 25.7. The number of rotatable bonds is 11. The van der Waals surface area contributed by atoms with Crippen molar-refractivity contribution in [3.63, 3.8) is 0 Å². The van der Waals surface area contributed by atoms with Crippen molar-refractivity contribution in [1.82, 2.24) is 4.98 Å². The van der Waals surface area contributed by atoms with Gasteiger partial charge in [-0.25, -0.2) is 9.78 Å². The molecular formula is C35H28N2O8S. The number of aliphatic hydroxyl groups is 1. The van der Waals surface area contributed by atoms with Crippen LogP contribution in [0.2, 0.25) is 0 Å². The lowest BCUT2D eigenvalue weighted by molar-refractivity contribution is -0.117. The van der Waals surface area contributed by atoms with Crippen molar-refractivity contribution in [2.45, 2.75) is 19.6 Å². The van der Waals surface area contributed by atoms with Gasteiger partial charge in [-0.2, -0.15) is 0 Å². The Hall–Kier alpha value is -5.68. The highest BCUT2D eigenvalue weighted by atomic mass is 32.1. The summed E-state index contributed by atoms with van der Waals surface area (Å²) in [7, 11) is 1.49. The number of amides is 1. The largest absolute Gasteiger partial charge is 0.503 e. The lowest BCUT2D eigenvalue weighted by Crippen LogP contribution is -2.31. The molecule has 1 N–H and O–H groups in total. The van der Waals surface area contributed by atoms with Crippen molar-refractivity contribution < 1.29 is 38.1 Å². The first-order valence-corrected chi connectivity index (χ1v) is 15.0. The van der Waals surface area contributed by atoms with Crippen LogP contribution in [-0.4, -0.2) is 41.5 Å². The number of hydrogen-bond acceptors (Lipinski definition) is 10. The Morgan fingerprint density at radius 3 is 2.63 bits per heavy atom. The van der Waals surface area contributed by atoms with Gasteiger partial charge in [0.2, 0.25) is 5.78 Å². The van der Waals surface area contributed by atoms with Gasteiger partial charge in [-0.3, -0.25) is 14.5 Å². The van der Waals surface area contributed by atoms with Crippen molar-refractivity contribution in [3.8, 4) is 11.5 Å². The van der Waals surface area contributed by atoms with E-state index in [9.17, 15) is 19.5 Å². The topological polar surface area (TPSA) is 128 Å². The number of thiazole rings is 1.